The van der Waals surface area contributed by atoms with Crippen LogP contribution in [-0.4, -0.2) is 47.4 Å². The number of hydrogen-bond donors (Lipinski definition) is 1. The number of nitrogens with one attached hydrogen (secondary N) is 1. The minimum atomic E-state index is -0.0556. The Labute approximate surface area is 106 Å². The number of carbonyl (C=O) groups is 1. The maximum absolute atomic E-state index is 11.9. The number of hydrogen-bond acceptors (Lipinski definition) is 3. The summed E-state index contributed by atoms with van der Waals surface area (Å²) in [4.78, 5) is 18.3. The molecule has 18 heavy (non-hydrogen) atoms. The zero-order valence-electron chi connectivity index (χ0n) is 11.0. The number of carbonyl (C=O) groups excluding carboxylic acids is 1. The Kier molecular flexibility index (Phi) is 3.62. The molecule has 0 aromatic carbocycles. The molecule has 0 aliphatic rings. The second-order valence-electron chi connectivity index (χ2n) is 4.62. The van der Waals surface area contributed by atoms with E-state index in [1.165, 1.54) is 0 Å². The van der Waals surface area contributed by atoms with E-state index in [1.807, 2.05) is 42.7 Å². The van der Waals surface area contributed by atoms with Crippen molar-refractivity contribution >= 4 is 11.6 Å². The highest BCUT2D eigenvalue weighted by Crippen LogP contribution is 2.07. The van der Waals surface area contributed by atoms with Crippen LogP contribution in [0.5, 0.6) is 0 Å². The second kappa shape index (κ2) is 5.18. The molecule has 0 radical (unpaired) electrons. The van der Waals surface area contributed by atoms with Crippen LogP contribution in [0.15, 0.2) is 24.5 Å². The summed E-state index contributed by atoms with van der Waals surface area (Å²) in [5.74, 6) is -0.0556. The van der Waals surface area contributed by atoms with Gasteiger partial charge >= 0.3 is 0 Å². The molecule has 0 aliphatic heterocycles. The minimum absolute atomic E-state index is 0.0556. The normalized spacial score (nSPS) is 11.1. The van der Waals surface area contributed by atoms with Gasteiger partial charge in [0.2, 0.25) is 0 Å². The summed E-state index contributed by atoms with van der Waals surface area (Å²) >= 11 is 0. The van der Waals surface area contributed by atoms with Gasteiger partial charge in [-0.3, -0.25) is 4.79 Å². The van der Waals surface area contributed by atoms with Crippen LogP contribution in [0.2, 0.25) is 0 Å². The van der Waals surface area contributed by atoms with Crippen molar-refractivity contribution in [2.24, 2.45) is 0 Å². The van der Waals surface area contributed by atoms with E-state index in [0.717, 1.165) is 17.9 Å². The molecule has 2 rings (SSSR count). The lowest BCUT2D eigenvalue weighted by Gasteiger charge is -2.10. The van der Waals surface area contributed by atoms with Gasteiger partial charge in [-0.15, -0.1) is 0 Å². The number of pyridine rings is 1. The summed E-state index contributed by atoms with van der Waals surface area (Å²) in [7, 11) is 3.96. The fraction of sp³-hybridized carbons (Fsp3) is 0.385. The lowest BCUT2D eigenvalue weighted by molar-refractivity contribution is 0.0951. The Morgan fingerprint density at radius 2 is 2.28 bits per heavy atom. The van der Waals surface area contributed by atoms with Gasteiger partial charge in [-0.1, -0.05) is 0 Å². The first kappa shape index (κ1) is 12.6. The van der Waals surface area contributed by atoms with E-state index in [0.29, 0.717) is 12.1 Å². The number of amides is 1. The highest BCUT2D eigenvalue weighted by atomic mass is 16.1. The average molecular weight is 246 g/mol. The summed E-state index contributed by atoms with van der Waals surface area (Å²) in [6.07, 6.45) is 3.79. The van der Waals surface area contributed by atoms with E-state index in [4.69, 9.17) is 0 Å². The molecular weight excluding hydrogens is 228 g/mol. The first-order chi connectivity index (χ1) is 8.56. The molecule has 0 bridgehead atoms. The van der Waals surface area contributed by atoms with Gasteiger partial charge in [-0.2, -0.15) is 0 Å². The van der Waals surface area contributed by atoms with E-state index in [2.05, 4.69) is 10.3 Å². The number of likely N-dealkylation sites (N-methyl/N-ethyl adjacent to an activating group) is 1. The molecule has 0 aliphatic carbocycles. The minimum Gasteiger partial charge on any atom is -0.351 e. The number of aromatic nitrogens is 2. The van der Waals surface area contributed by atoms with Gasteiger partial charge < -0.3 is 14.6 Å². The van der Waals surface area contributed by atoms with Crippen molar-refractivity contribution in [2.75, 3.05) is 27.2 Å². The molecule has 1 N–H and O–H groups in total. The quantitative estimate of drug-likeness (QED) is 0.873. The Hall–Kier alpha value is -1.88. The van der Waals surface area contributed by atoms with Crippen molar-refractivity contribution < 1.29 is 4.79 Å². The van der Waals surface area contributed by atoms with Gasteiger partial charge in [0.05, 0.1) is 5.69 Å². The smallest absolute Gasteiger partial charge is 0.251 e. The van der Waals surface area contributed by atoms with Crippen molar-refractivity contribution in [1.29, 1.82) is 0 Å². The fourth-order valence-electron chi connectivity index (χ4n) is 1.75. The van der Waals surface area contributed by atoms with Crippen LogP contribution in [-0.2, 0) is 0 Å². The number of aryl methyl sites for hydroxylation is 1. The van der Waals surface area contributed by atoms with Crippen LogP contribution in [0.25, 0.3) is 5.65 Å². The zero-order chi connectivity index (χ0) is 13.1. The van der Waals surface area contributed by atoms with Gasteiger partial charge in [-0.25, -0.2) is 4.98 Å². The Morgan fingerprint density at radius 3 is 3.00 bits per heavy atom. The van der Waals surface area contributed by atoms with E-state index in [1.54, 1.807) is 12.1 Å². The van der Waals surface area contributed by atoms with Gasteiger partial charge in [0.1, 0.15) is 5.65 Å². The van der Waals surface area contributed by atoms with Crippen LogP contribution >= 0.6 is 0 Å². The molecule has 96 valence electrons. The molecule has 5 nitrogen and oxygen atoms in total. The zero-order valence-corrected chi connectivity index (χ0v) is 11.0. The Morgan fingerprint density at radius 1 is 1.50 bits per heavy atom. The van der Waals surface area contributed by atoms with Gasteiger partial charge in [0.25, 0.3) is 5.91 Å². The summed E-state index contributed by atoms with van der Waals surface area (Å²) in [5.41, 5.74) is 2.39. The molecule has 5 heteroatoms. The van der Waals surface area contributed by atoms with E-state index >= 15 is 0 Å². The van der Waals surface area contributed by atoms with Crippen molar-refractivity contribution in [3.63, 3.8) is 0 Å². The molecule has 2 aromatic rings. The Balaban J connectivity index is 2.08. The van der Waals surface area contributed by atoms with E-state index in [-0.39, 0.29) is 5.91 Å². The van der Waals surface area contributed by atoms with Crippen LogP contribution in [0.3, 0.4) is 0 Å². The molecule has 0 unspecified atom stereocenters. The topological polar surface area (TPSA) is 49.6 Å². The SMILES string of the molecule is Cc1cn2ccc(C(=O)NCCN(C)C)cc2n1. The fourth-order valence-corrected chi connectivity index (χ4v) is 1.75. The molecule has 1 amide bonds. The molecule has 0 fully saturated rings. The van der Waals surface area contributed by atoms with Crippen LogP contribution in [0.4, 0.5) is 0 Å². The van der Waals surface area contributed by atoms with Gasteiger partial charge in [0, 0.05) is 31.0 Å². The third-order valence-corrected chi connectivity index (χ3v) is 2.69. The number of nitrogens with zero attached hydrogens (tertiary/aromatic N) is 3. The van der Waals surface area contributed by atoms with Crippen molar-refractivity contribution in [3.05, 3.63) is 35.8 Å². The van der Waals surface area contributed by atoms with E-state index in [9.17, 15) is 4.79 Å². The molecule has 0 spiro atoms. The third-order valence-electron chi connectivity index (χ3n) is 2.69. The number of fused-ring (bicyclic) bond motifs is 1. The van der Waals surface area contributed by atoms with Crippen molar-refractivity contribution in [1.82, 2.24) is 19.6 Å². The number of imidazole rings is 1. The summed E-state index contributed by atoms with van der Waals surface area (Å²) in [5, 5.41) is 2.88. The lowest BCUT2D eigenvalue weighted by Crippen LogP contribution is -2.31. The summed E-state index contributed by atoms with van der Waals surface area (Å²) < 4.78 is 1.91. The monoisotopic (exact) mass is 246 g/mol. The first-order valence-electron chi connectivity index (χ1n) is 5.94. The number of rotatable bonds is 4. The largest absolute Gasteiger partial charge is 0.351 e. The molecule has 0 atom stereocenters. The van der Waals surface area contributed by atoms with Crippen LogP contribution < -0.4 is 5.32 Å². The first-order valence-corrected chi connectivity index (χ1v) is 5.94. The second-order valence-corrected chi connectivity index (χ2v) is 4.62. The van der Waals surface area contributed by atoms with Gasteiger partial charge in [0.15, 0.2) is 0 Å². The van der Waals surface area contributed by atoms with Crippen LogP contribution in [0, 0.1) is 6.92 Å². The predicted molar refractivity (Wildman–Crippen MR) is 70.8 cm³/mol. The highest BCUT2D eigenvalue weighted by molar-refractivity contribution is 5.95. The highest BCUT2D eigenvalue weighted by Gasteiger charge is 2.07. The molecule has 2 aromatic heterocycles. The van der Waals surface area contributed by atoms with Crippen molar-refractivity contribution in [3.8, 4) is 0 Å². The van der Waals surface area contributed by atoms with E-state index < -0.39 is 0 Å². The molecule has 0 saturated carbocycles. The standard InChI is InChI=1S/C13H18N4O/c1-10-9-17-6-4-11(8-12(17)15-10)13(18)14-5-7-16(2)3/h4,6,8-9H,5,7H2,1-3H3,(H,14,18). The third kappa shape index (κ3) is 2.87. The molecule has 2 heterocycles. The summed E-state index contributed by atoms with van der Waals surface area (Å²) in [6, 6.07) is 3.61. The predicted octanol–water partition coefficient (Wildman–Crippen LogP) is 0.934. The van der Waals surface area contributed by atoms with Gasteiger partial charge in [-0.05, 0) is 33.2 Å². The average Bonchev–Trinajstić information content (AvgIpc) is 2.67. The van der Waals surface area contributed by atoms with Crippen molar-refractivity contribution in [2.45, 2.75) is 6.92 Å². The lowest BCUT2D eigenvalue weighted by atomic mass is 10.2. The Bertz CT molecular complexity index is 559. The maximum atomic E-state index is 11.9. The molecular formula is C13H18N4O. The molecule has 0 saturated heterocycles. The van der Waals surface area contributed by atoms with Crippen LogP contribution in [0.1, 0.15) is 16.1 Å². The maximum Gasteiger partial charge on any atom is 0.251 e. The summed E-state index contributed by atoms with van der Waals surface area (Å²) in [6.45, 7) is 3.41.